The molecule has 0 amide bonds. The number of hydrogen-bond acceptors (Lipinski definition) is 6. The summed E-state index contributed by atoms with van der Waals surface area (Å²) in [5, 5.41) is 6.90. The Labute approximate surface area is 303 Å². The van der Waals surface area contributed by atoms with Crippen molar-refractivity contribution in [2.45, 2.75) is 18.9 Å². The van der Waals surface area contributed by atoms with Crippen molar-refractivity contribution in [3.8, 4) is 11.4 Å². The summed E-state index contributed by atoms with van der Waals surface area (Å²) in [6, 6.07) is 28.4. The molecular weight excluding hydrogens is 710 g/mol. The average Bonchev–Trinajstić information content (AvgIpc) is 3.56. The topological polar surface area (TPSA) is 77.4 Å². The monoisotopic (exact) mass is 734 g/mol. The van der Waals surface area contributed by atoms with Crippen LogP contribution < -0.4 is 5.73 Å². The second-order valence-corrected chi connectivity index (χ2v) is 13.7. The molecule has 3 heterocycles. The van der Waals surface area contributed by atoms with Gasteiger partial charge in [-0.05, 0) is 83.8 Å². The number of allylic oxidation sites excluding steroid dienone is 1. The van der Waals surface area contributed by atoms with Crippen LogP contribution in [0, 0.1) is 0 Å². The Morgan fingerprint density at radius 3 is 2.23 bits per heavy atom. The highest BCUT2D eigenvalue weighted by Crippen LogP contribution is 2.50. The summed E-state index contributed by atoms with van der Waals surface area (Å²) in [5.74, 6) is 0.816. The number of aromatic nitrogens is 2. The number of benzene rings is 4. The highest BCUT2D eigenvalue weighted by Gasteiger charge is 2.42. The van der Waals surface area contributed by atoms with E-state index in [0.717, 1.165) is 27.8 Å². The molecule has 1 unspecified atom stereocenters. The number of halogens is 5. The molecule has 2 N–H and O–H groups in total. The van der Waals surface area contributed by atoms with Crippen molar-refractivity contribution >= 4 is 69.7 Å². The average molecular weight is 737 g/mol. The van der Waals surface area contributed by atoms with Crippen LogP contribution in [0.3, 0.4) is 0 Å². The molecule has 0 saturated heterocycles. The van der Waals surface area contributed by atoms with Crippen molar-refractivity contribution in [2.75, 3.05) is 13.1 Å². The van der Waals surface area contributed by atoms with E-state index >= 15 is 0 Å². The molecule has 0 saturated carbocycles. The van der Waals surface area contributed by atoms with Gasteiger partial charge in [0.1, 0.15) is 5.76 Å². The first-order valence-electron chi connectivity index (χ1n) is 15.1. The van der Waals surface area contributed by atoms with E-state index < -0.39 is 5.92 Å². The molecule has 0 radical (unpaired) electrons. The summed E-state index contributed by atoms with van der Waals surface area (Å²) in [4.78, 5) is 7.14. The van der Waals surface area contributed by atoms with Crippen molar-refractivity contribution in [2.24, 2.45) is 5.73 Å². The molecule has 2 aliphatic heterocycles. The summed E-state index contributed by atoms with van der Waals surface area (Å²) < 4.78 is 12.4. The van der Waals surface area contributed by atoms with E-state index in [1.54, 1.807) is 36.4 Å². The largest absolute Gasteiger partial charge is 0.441 e. The van der Waals surface area contributed by atoms with E-state index in [-0.39, 0.29) is 17.8 Å². The maximum Gasteiger partial charge on any atom is 0.260 e. The fraction of sp³-hybridized carbons (Fsp3) is 0.135. The van der Waals surface area contributed by atoms with Crippen molar-refractivity contribution in [1.29, 1.82) is 0 Å². The lowest BCUT2D eigenvalue weighted by atomic mass is 9.79. The van der Waals surface area contributed by atoms with Crippen molar-refractivity contribution in [1.82, 2.24) is 15.0 Å². The fourth-order valence-corrected chi connectivity index (χ4v) is 7.28. The summed E-state index contributed by atoms with van der Waals surface area (Å²) in [6.07, 6.45) is 2.02. The van der Waals surface area contributed by atoms with E-state index in [1.165, 1.54) is 5.56 Å². The molecule has 0 fully saturated rings. The van der Waals surface area contributed by atoms with E-state index in [1.807, 2.05) is 48.5 Å². The second kappa shape index (κ2) is 13.6. The van der Waals surface area contributed by atoms with E-state index in [2.05, 4.69) is 29.1 Å². The third kappa shape index (κ3) is 6.49. The first kappa shape index (κ1) is 32.8. The van der Waals surface area contributed by atoms with Crippen LogP contribution in [0.5, 0.6) is 0 Å². The Kier molecular flexibility index (Phi) is 9.31. The summed E-state index contributed by atoms with van der Waals surface area (Å²) in [6.45, 7) is 3.26. The van der Waals surface area contributed by atoms with Gasteiger partial charge in [-0.15, -0.1) is 0 Å². The molecule has 11 heteroatoms. The molecule has 242 valence electrons. The van der Waals surface area contributed by atoms with Gasteiger partial charge in [0, 0.05) is 61.3 Å². The van der Waals surface area contributed by atoms with Crippen LogP contribution in [0.15, 0.2) is 118 Å². The van der Waals surface area contributed by atoms with Gasteiger partial charge in [-0.25, -0.2) is 0 Å². The van der Waals surface area contributed by atoms with Crippen molar-refractivity contribution < 1.29 is 9.26 Å². The maximum atomic E-state index is 6.96. The highest BCUT2D eigenvalue weighted by atomic mass is 35.5. The van der Waals surface area contributed by atoms with Gasteiger partial charge >= 0.3 is 0 Å². The Bertz CT molecular complexity index is 2110. The quantitative estimate of drug-likeness (QED) is 0.187. The molecule has 0 aliphatic carbocycles. The molecule has 0 bridgehead atoms. The Balaban J connectivity index is 1.41. The standard InChI is InChI=1S/C37H27Cl5N4O2/c1-20(21-5-3-2-4-6-21)46-18-24(15-23-9-12-26(39)16-30(23)41)34-29(19-46)32(28-14-13-27(40)17-31(28)42)33(35(43)47-34)37-44-36(45-48-37)22-7-10-25(38)11-8-22/h2-17,20,32H,18-19,43H2,1H3/b24-15+/t20-,32?/m1/s1. The highest BCUT2D eigenvalue weighted by molar-refractivity contribution is 6.36. The smallest absolute Gasteiger partial charge is 0.260 e. The molecule has 48 heavy (non-hydrogen) atoms. The van der Waals surface area contributed by atoms with E-state index in [0.29, 0.717) is 55.4 Å². The fourth-order valence-electron chi connectivity index (χ4n) is 6.17. The van der Waals surface area contributed by atoms with Gasteiger partial charge in [0.2, 0.25) is 11.7 Å². The summed E-state index contributed by atoms with van der Waals surface area (Å²) in [5.41, 5.74) is 12.6. The lowest BCUT2D eigenvalue weighted by molar-refractivity contribution is 0.203. The van der Waals surface area contributed by atoms with E-state index in [4.69, 9.17) is 78.0 Å². The van der Waals surface area contributed by atoms with Crippen LogP contribution in [-0.2, 0) is 4.74 Å². The zero-order chi connectivity index (χ0) is 33.5. The number of nitrogens with two attached hydrogens (primary N) is 1. The van der Waals surface area contributed by atoms with Crippen molar-refractivity contribution in [3.63, 3.8) is 0 Å². The van der Waals surface area contributed by atoms with Gasteiger partial charge in [-0.1, -0.05) is 106 Å². The predicted octanol–water partition coefficient (Wildman–Crippen LogP) is 10.9. The second-order valence-electron chi connectivity index (χ2n) is 11.6. The summed E-state index contributed by atoms with van der Waals surface area (Å²) >= 11 is 32.4. The molecule has 5 aromatic rings. The molecule has 2 atom stereocenters. The van der Waals surface area contributed by atoms with Gasteiger partial charge in [-0.3, -0.25) is 4.90 Å². The molecule has 0 spiro atoms. The molecule has 2 aliphatic rings. The normalized spacial score (nSPS) is 18.2. The molecule has 4 aromatic carbocycles. The third-order valence-electron chi connectivity index (χ3n) is 8.60. The first-order chi connectivity index (χ1) is 23.2. The number of nitrogens with zero attached hydrogens (tertiary/aromatic N) is 3. The Hall–Kier alpha value is -3.75. The van der Waals surface area contributed by atoms with Gasteiger partial charge < -0.3 is 15.0 Å². The Morgan fingerprint density at radius 2 is 1.52 bits per heavy atom. The van der Waals surface area contributed by atoms with Gasteiger partial charge in [0.25, 0.3) is 5.89 Å². The van der Waals surface area contributed by atoms with Crippen LogP contribution in [0.2, 0.25) is 25.1 Å². The van der Waals surface area contributed by atoms with E-state index in [9.17, 15) is 0 Å². The van der Waals surface area contributed by atoms with Crippen molar-refractivity contribution in [3.05, 3.63) is 161 Å². The lowest BCUT2D eigenvalue weighted by Crippen LogP contribution is -2.39. The lowest BCUT2D eigenvalue weighted by Gasteiger charge is -2.41. The third-order valence-corrected chi connectivity index (χ3v) is 9.98. The molecule has 7 rings (SSSR count). The maximum absolute atomic E-state index is 6.96. The predicted molar refractivity (Wildman–Crippen MR) is 194 cm³/mol. The van der Waals surface area contributed by atoms with Crippen LogP contribution in [0.1, 0.15) is 41.5 Å². The SMILES string of the molecule is C[C@H](c1ccccc1)N1CC2=C(OC(N)=C(c3nc(-c4ccc(Cl)cc4)no3)C2c2ccc(Cl)cc2Cl)/C(=C/c2ccc(Cl)cc2Cl)C1. The van der Waals surface area contributed by atoms with Gasteiger partial charge in [0.05, 0.1) is 5.57 Å². The minimum absolute atomic E-state index is 0.0392. The van der Waals surface area contributed by atoms with Gasteiger partial charge in [0.15, 0.2) is 0 Å². The first-order valence-corrected chi connectivity index (χ1v) is 17.0. The Morgan fingerprint density at radius 1 is 0.833 bits per heavy atom. The molecule has 6 nitrogen and oxygen atoms in total. The van der Waals surface area contributed by atoms with Gasteiger partial charge in [-0.2, -0.15) is 4.98 Å². The number of rotatable bonds is 6. The minimum Gasteiger partial charge on any atom is -0.441 e. The van der Waals surface area contributed by atoms with Crippen LogP contribution in [-0.4, -0.2) is 28.1 Å². The molecule has 1 aromatic heterocycles. The molecular formula is C37H27Cl5N4O2. The minimum atomic E-state index is -0.521. The van der Waals surface area contributed by atoms with Crippen LogP contribution in [0.25, 0.3) is 23.0 Å². The zero-order valence-electron chi connectivity index (χ0n) is 25.4. The summed E-state index contributed by atoms with van der Waals surface area (Å²) in [7, 11) is 0. The van der Waals surface area contributed by atoms with Crippen LogP contribution >= 0.6 is 58.0 Å². The van der Waals surface area contributed by atoms with Crippen LogP contribution in [0.4, 0.5) is 0 Å². The number of ether oxygens (including phenoxy) is 1. The number of hydrogen-bond donors (Lipinski definition) is 1. The zero-order valence-corrected chi connectivity index (χ0v) is 29.2.